The zero-order valence-electron chi connectivity index (χ0n) is 10.8. The third-order valence-corrected chi connectivity index (χ3v) is 5.22. The van der Waals surface area contributed by atoms with E-state index in [1.165, 1.54) is 16.7 Å². The molecule has 0 radical (unpaired) electrons. The maximum absolute atomic E-state index is 12.2. The first-order valence-corrected chi connectivity index (χ1v) is 7.66. The molecular weight excluding hydrogens is 266 g/mol. The molecule has 0 amide bonds. The van der Waals surface area contributed by atoms with Gasteiger partial charge in [0.05, 0.1) is 18.3 Å². The van der Waals surface area contributed by atoms with E-state index in [2.05, 4.69) is 16.3 Å². The van der Waals surface area contributed by atoms with Crippen LogP contribution in [0.5, 0.6) is 0 Å². The van der Waals surface area contributed by atoms with Crippen molar-refractivity contribution in [2.45, 2.75) is 24.3 Å². The molecule has 0 spiro atoms. The SMILES string of the molecule is CCC(C#N)N1CCN(S(=O)(=O)c2cn[nH]c2)CC1. The van der Waals surface area contributed by atoms with Crippen LogP contribution >= 0.6 is 0 Å². The summed E-state index contributed by atoms with van der Waals surface area (Å²) in [6.45, 7) is 3.95. The molecular formula is C11H17N5O2S. The molecule has 0 aliphatic carbocycles. The molecule has 0 bridgehead atoms. The Bertz CT molecular complexity index is 540. The Kier molecular flexibility index (Phi) is 4.19. The lowest BCUT2D eigenvalue weighted by molar-refractivity contribution is 0.159. The lowest BCUT2D eigenvalue weighted by atomic mass is 10.2. The summed E-state index contributed by atoms with van der Waals surface area (Å²) in [6.07, 6.45) is 3.45. The topological polar surface area (TPSA) is 93.1 Å². The first-order valence-electron chi connectivity index (χ1n) is 6.22. The highest BCUT2D eigenvalue weighted by Crippen LogP contribution is 2.17. The van der Waals surface area contributed by atoms with E-state index >= 15 is 0 Å². The Hall–Kier alpha value is -1.43. The molecule has 0 saturated carbocycles. The van der Waals surface area contributed by atoms with Crippen molar-refractivity contribution in [2.24, 2.45) is 0 Å². The van der Waals surface area contributed by atoms with E-state index in [1.54, 1.807) is 0 Å². The van der Waals surface area contributed by atoms with Gasteiger partial charge in [0.15, 0.2) is 0 Å². The smallest absolute Gasteiger partial charge is 0.246 e. The second kappa shape index (κ2) is 5.69. The summed E-state index contributed by atoms with van der Waals surface area (Å²) in [5, 5.41) is 15.2. The van der Waals surface area contributed by atoms with Gasteiger partial charge in [-0.1, -0.05) is 6.92 Å². The Morgan fingerprint density at radius 1 is 1.47 bits per heavy atom. The fraction of sp³-hybridized carbons (Fsp3) is 0.636. The largest absolute Gasteiger partial charge is 0.285 e. The van der Waals surface area contributed by atoms with Crippen LogP contribution in [0.3, 0.4) is 0 Å². The molecule has 8 heteroatoms. The number of nitrogens with zero attached hydrogens (tertiary/aromatic N) is 4. The van der Waals surface area contributed by atoms with Crippen molar-refractivity contribution in [2.75, 3.05) is 26.2 Å². The Morgan fingerprint density at radius 2 is 2.16 bits per heavy atom. The molecule has 1 N–H and O–H groups in total. The summed E-state index contributed by atoms with van der Waals surface area (Å²) in [7, 11) is -3.45. The van der Waals surface area contributed by atoms with E-state index < -0.39 is 10.0 Å². The van der Waals surface area contributed by atoms with Crippen LogP contribution in [0.15, 0.2) is 17.3 Å². The van der Waals surface area contributed by atoms with Crippen molar-refractivity contribution in [3.63, 3.8) is 0 Å². The van der Waals surface area contributed by atoms with E-state index in [9.17, 15) is 8.42 Å². The molecule has 1 saturated heterocycles. The second-order valence-electron chi connectivity index (χ2n) is 4.43. The van der Waals surface area contributed by atoms with Gasteiger partial charge in [-0.25, -0.2) is 8.42 Å². The summed E-state index contributed by atoms with van der Waals surface area (Å²) < 4.78 is 25.9. The summed E-state index contributed by atoms with van der Waals surface area (Å²) in [5.41, 5.74) is 0. The summed E-state index contributed by atoms with van der Waals surface area (Å²) in [5.74, 6) is 0. The maximum Gasteiger partial charge on any atom is 0.246 e. The van der Waals surface area contributed by atoms with Gasteiger partial charge in [0.1, 0.15) is 4.90 Å². The number of rotatable bonds is 4. The third-order valence-electron chi connectivity index (χ3n) is 3.36. The highest BCUT2D eigenvalue weighted by molar-refractivity contribution is 7.89. The molecule has 19 heavy (non-hydrogen) atoms. The fourth-order valence-electron chi connectivity index (χ4n) is 2.22. The van der Waals surface area contributed by atoms with Gasteiger partial charge in [-0.2, -0.15) is 14.7 Å². The number of hydrogen-bond acceptors (Lipinski definition) is 5. The minimum Gasteiger partial charge on any atom is -0.285 e. The number of H-pyrrole nitrogens is 1. The Balaban J connectivity index is 2.03. The van der Waals surface area contributed by atoms with Crippen LogP contribution in [-0.2, 0) is 10.0 Å². The van der Waals surface area contributed by atoms with Gasteiger partial charge in [-0.05, 0) is 6.42 Å². The minimum absolute atomic E-state index is 0.126. The predicted octanol–water partition coefficient (Wildman–Crippen LogP) is 0.0182. The molecule has 1 unspecified atom stereocenters. The number of nitriles is 1. The van der Waals surface area contributed by atoms with Crippen LogP contribution in [0.1, 0.15) is 13.3 Å². The van der Waals surface area contributed by atoms with Gasteiger partial charge in [0.25, 0.3) is 0 Å². The molecule has 2 rings (SSSR count). The van der Waals surface area contributed by atoms with Crippen molar-refractivity contribution >= 4 is 10.0 Å². The molecule has 1 aromatic heterocycles. The molecule has 104 valence electrons. The zero-order valence-corrected chi connectivity index (χ0v) is 11.6. The lowest BCUT2D eigenvalue weighted by Crippen LogP contribution is -2.51. The van der Waals surface area contributed by atoms with Crippen LogP contribution in [0.4, 0.5) is 0 Å². The average molecular weight is 283 g/mol. The quantitative estimate of drug-likeness (QED) is 0.840. The molecule has 7 nitrogen and oxygen atoms in total. The highest BCUT2D eigenvalue weighted by atomic mass is 32.2. The molecule has 1 aromatic rings. The van der Waals surface area contributed by atoms with Crippen molar-refractivity contribution in [3.8, 4) is 6.07 Å². The minimum atomic E-state index is -3.45. The number of sulfonamides is 1. The van der Waals surface area contributed by atoms with Crippen LogP contribution in [0, 0.1) is 11.3 Å². The number of aromatic amines is 1. The van der Waals surface area contributed by atoms with Crippen molar-refractivity contribution in [1.29, 1.82) is 5.26 Å². The Labute approximate surface area is 112 Å². The normalized spacial score (nSPS) is 20.0. The highest BCUT2D eigenvalue weighted by Gasteiger charge is 2.30. The Morgan fingerprint density at radius 3 is 2.63 bits per heavy atom. The first-order chi connectivity index (χ1) is 9.09. The van der Waals surface area contributed by atoms with E-state index in [4.69, 9.17) is 5.26 Å². The van der Waals surface area contributed by atoms with E-state index in [1.807, 2.05) is 11.8 Å². The zero-order chi connectivity index (χ0) is 13.9. The lowest BCUT2D eigenvalue weighted by Gasteiger charge is -2.35. The molecule has 2 heterocycles. The van der Waals surface area contributed by atoms with E-state index in [-0.39, 0.29) is 10.9 Å². The summed E-state index contributed by atoms with van der Waals surface area (Å²) in [6, 6.07) is 2.12. The molecule has 1 atom stereocenters. The summed E-state index contributed by atoms with van der Waals surface area (Å²) >= 11 is 0. The standard InChI is InChI=1S/C11H17N5O2S/c1-2-10(7-12)15-3-5-16(6-4-15)19(17,18)11-8-13-14-9-11/h8-10H,2-6H2,1H3,(H,13,14). The number of piperazine rings is 1. The monoisotopic (exact) mass is 283 g/mol. The van der Waals surface area contributed by atoms with Crippen LogP contribution < -0.4 is 0 Å². The van der Waals surface area contributed by atoms with E-state index in [0.717, 1.165) is 6.42 Å². The second-order valence-corrected chi connectivity index (χ2v) is 6.37. The van der Waals surface area contributed by atoms with Gasteiger partial charge in [-0.15, -0.1) is 0 Å². The van der Waals surface area contributed by atoms with Crippen LogP contribution in [0.2, 0.25) is 0 Å². The fourth-order valence-corrected chi connectivity index (χ4v) is 3.55. The van der Waals surface area contributed by atoms with Gasteiger partial charge < -0.3 is 0 Å². The van der Waals surface area contributed by atoms with Crippen molar-refractivity contribution in [3.05, 3.63) is 12.4 Å². The van der Waals surface area contributed by atoms with Crippen LogP contribution in [-0.4, -0.2) is 60.0 Å². The predicted molar refractivity (Wildman–Crippen MR) is 68.6 cm³/mol. The van der Waals surface area contributed by atoms with Crippen molar-refractivity contribution in [1.82, 2.24) is 19.4 Å². The number of nitrogens with one attached hydrogen (secondary N) is 1. The summed E-state index contributed by atoms with van der Waals surface area (Å²) in [4.78, 5) is 2.22. The van der Waals surface area contributed by atoms with Gasteiger partial charge in [-0.3, -0.25) is 10.00 Å². The first kappa shape index (κ1) is 14.0. The van der Waals surface area contributed by atoms with Gasteiger partial charge in [0.2, 0.25) is 10.0 Å². The third kappa shape index (κ3) is 2.78. The van der Waals surface area contributed by atoms with E-state index in [0.29, 0.717) is 26.2 Å². The van der Waals surface area contributed by atoms with Gasteiger partial charge in [0, 0.05) is 32.4 Å². The van der Waals surface area contributed by atoms with Crippen molar-refractivity contribution < 1.29 is 8.42 Å². The number of hydrogen-bond donors (Lipinski definition) is 1. The van der Waals surface area contributed by atoms with Crippen LogP contribution in [0.25, 0.3) is 0 Å². The molecule has 1 aliphatic heterocycles. The average Bonchev–Trinajstić information content (AvgIpc) is 2.95. The maximum atomic E-state index is 12.2. The molecule has 0 aromatic carbocycles. The van der Waals surface area contributed by atoms with Gasteiger partial charge >= 0.3 is 0 Å². The molecule has 1 aliphatic rings. The molecule has 1 fully saturated rings. The number of aromatic nitrogens is 2.